The molecule has 0 aliphatic carbocycles. The molecule has 1 aromatic carbocycles. The largest absolute Gasteiger partial charge is 0.465 e. The fourth-order valence-electron chi connectivity index (χ4n) is 5.22. The minimum absolute atomic E-state index is 0.0108. The van der Waals surface area contributed by atoms with Crippen LogP contribution in [0.1, 0.15) is 48.3 Å². The number of nitrogens with zero attached hydrogens (tertiary/aromatic N) is 6. The Bertz CT molecular complexity index is 1700. The zero-order valence-corrected chi connectivity index (χ0v) is 23.4. The van der Waals surface area contributed by atoms with Crippen LogP contribution in [0.25, 0.3) is 28.0 Å². The van der Waals surface area contributed by atoms with E-state index >= 15 is 0 Å². The molecule has 0 radical (unpaired) electrons. The summed E-state index contributed by atoms with van der Waals surface area (Å²) < 4.78 is 1.48. The Hall–Kier alpha value is -4.31. The van der Waals surface area contributed by atoms with Crippen LogP contribution >= 0.6 is 11.6 Å². The monoisotopic (exact) mass is 560 g/mol. The van der Waals surface area contributed by atoms with Gasteiger partial charge in [-0.1, -0.05) is 43.6 Å². The predicted octanol–water partition coefficient (Wildman–Crippen LogP) is 4.93. The first-order valence-corrected chi connectivity index (χ1v) is 13.4. The van der Waals surface area contributed by atoms with Gasteiger partial charge in [0.15, 0.2) is 5.65 Å². The number of fused-ring (bicyclic) bond motifs is 1. The van der Waals surface area contributed by atoms with Crippen LogP contribution in [-0.4, -0.2) is 67.6 Å². The molecule has 10 nitrogen and oxygen atoms in total. The lowest BCUT2D eigenvalue weighted by Crippen LogP contribution is -2.54. The molecule has 4 aromatic rings. The number of aryl methyl sites for hydroxylation is 1. The number of anilines is 1. The zero-order valence-electron chi connectivity index (χ0n) is 22.6. The number of hydrogen-bond donors (Lipinski definition) is 1. The molecule has 0 bridgehead atoms. The van der Waals surface area contributed by atoms with E-state index in [4.69, 9.17) is 16.6 Å². The average Bonchev–Trinajstić information content (AvgIpc) is 2.93. The number of carboxylic acid groups (broad SMARTS) is 1. The van der Waals surface area contributed by atoms with Crippen molar-refractivity contribution in [3.63, 3.8) is 0 Å². The molecule has 1 aliphatic heterocycles. The minimum Gasteiger partial charge on any atom is -0.465 e. The van der Waals surface area contributed by atoms with Gasteiger partial charge < -0.3 is 14.9 Å². The van der Waals surface area contributed by atoms with Crippen molar-refractivity contribution in [3.05, 3.63) is 74.9 Å². The van der Waals surface area contributed by atoms with Gasteiger partial charge in [0.05, 0.1) is 27.5 Å². The lowest BCUT2D eigenvalue weighted by Gasteiger charge is -2.39. The van der Waals surface area contributed by atoms with Crippen molar-refractivity contribution >= 4 is 40.8 Å². The number of aromatic nitrogens is 4. The molecule has 1 aliphatic rings. The van der Waals surface area contributed by atoms with Gasteiger partial charge in [-0.05, 0) is 43.5 Å². The summed E-state index contributed by atoms with van der Waals surface area (Å²) in [7, 11) is 0. The van der Waals surface area contributed by atoms with E-state index in [0.717, 1.165) is 17.5 Å². The number of carbonyl (C=O) groups is 2. The molecule has 0 spiro atoms. The Balaban J connectivity index is 1.83. The smallest absolute Gasteiger partial charge is 0.407 e. The van der Waals surface area contributed by atoms with Gasteiger partial charge >= 0.3 is 11.8 Å². The zero-order chi connectivity index (χ0) is 28.7. The van der Waals surface area contributed by atoms with E-state index in [-0.39, 0.29) is 25.0 Å². The van der Waals surface area contributed by atoms with Gasteiger partial charge in [-0.3, -0.25) is 9.78 Å². The highest BCUT2D eigenvalue weighted by Crippen LogP contribution is 2.35. The molecule has 3 aromatic heterocycles. The summed E-state index contributed by atoms with van der Waals surface area (Å²) in [4.78, 5) is 54.3. The van der Waals surface area contributed by atoms with Gasteiger partial charge in [-0.2, -0.15) is 4.98 Å². The SMILES string of the molecule is Cc1ccnc(C(C)C)c1-n1c(=O)nc(N2CCN(C(=O)O)CC2C)c2cc(Cl)c(-c3cccc(C=O)c3)nc21. The van der Waals surface area contributed by atoms with E-state index in [2.05, 4.69) is 9.97 Å². The van der Waals surface area contributed by atoms with Gasteiger partial charge in [-0.15, -0.1) is 0 Å². The third kappa shape index (κ3) is 4.79. The van der Waals surface area contributed by atoms with Crippen LogP contribution in [0, 0.1) is 6.92 Å². The molecule has 1 amide bonds. The van der Waals surface area contributed by atoms with Gasteiger partial charge in [-0.25, -0.2) is 19.1 Å². The molecule has 1 N–H and O–H groups in total. The molecule has 1 fully saturated rings. The Morgan fingerprint density at radius 3 is 2.62 bits per heavy atom. The highest BCUT2D eigenvalue weighted by Gasteiger charge is 2.31. The number of amides is 1. The molecule has 4 heterocycles. The molecule has 5 rings (SSSR count). The van der Waals surface area contributed by atoms with E-state index < -0.39 is 11.8 Å². The number of carbonyl (C=O) groups excluding carboxylic acids is 1. The van der Waals surface area contributed by atoms with Crippen molar-refractivity contribution in [3.8, 4) is 16.9 Å². The highest BCUT2D eigenvalue weighted by molar-refractivity contribution is 6.33. The molecule has 1 unspecified atom stereocenters. The molecule has 1 saturated heterocycles. The van der Waals surface area contributed by atoms with Crippen molar-refractivity contribution < 1.29 is 14.7 Å². The number of benzene rings is 1. The molecule has 11 heteroatoms. The number of piperazine rings is 1. The number of pyridine rings is 2. The summed E-state index contributed by atoms with van der Waals surface area (Å²) in [5.74, 6) is 0.403. The number of halogens is 1. The van der Waals surface area contributed by atoms with Crippen LogP contribution in [-0.2, 0) is 0 Å². The summed E-state index contributed by atoms with van der Waals surface area (Å²) in [5.41, 5.74) is 3.50. The summed E-state index contributed by atoms with van der Waals surface area (Å²) in [6.07, 6.45) is 1.48. The van der Waals surface area contributed by atoms with E-state index in [1.807, 2.05) is 38.7 Å². The van der Waals surface area contributed by atoms with E-state index in [1.165, 1.54) is 9.47 Å². The summed E-state index contributed by atoms with van der Waals surface area (Å²) in [6.45, 7) is 8.69. The van der Waals surface area contributed by atoms with Gasteiger partial charge in [0, 0.05) is 43.0 Å². The summed E-state index contributed by atoms with van der Waals surface area (Å²) in [6, 6.07) is 10.3. The lowest BCUT2D eigenvalue weighted by atomic mass is 10.0. The quantitative estimate of drug-likeness (QED) is 0.341. The van der Waals surface area contributed by atoms with E-state index in [9.17, 15) is 19.5 Å². The second kappa shape index (κ2) is 10.7. The summed E-state index contributed by atoms with van der Waals surface area (Å²) in [5, 5.41) is 10.4. The third-order valence-electron chi connectivity index (χ3n) is 7.19. The van der Waals surface area contributed by atoms with Gasteiger partial charge in [0.2, 0.25) is 0 Å². The first-order valence-electron chi connectivity index (χ1n) is 13.0. The second-order valence-electron chi connectivity index (χ2n) is 10.3. The van der Waals surface area contributed by atoms with Crippen LogP contribution in [0.3, 0.4) is 0 Å². The third-order valence-corrected chi connectivity index (χ3v) is 7.48. The van der Waals surface area contributed by atoms with Gasteiger partial charge in [0.25, 0.3) is 0 Å². The first-order chi connectivity index (χ1) is 19.1. The average molecular weight is 561 g/mol. The van der Waals surface area contributed by atoms with E-state index in [0.29, 0.717) is 50.9 Å². The van der Waals surface area contributed by atoms with Crippen LogP contribution < -0.4 is 10.6 Å². The Morgan fingerprint density at radius 1 is 1.18 bits per heavy atom. The molecule has 206 valence electrons. The fraction of sp³-hybridized carbons (Fsp3) is 0.310. The highest BCUT2D eigenvalue weighted by atomic mass is 35.5. The van der Waals surface area contributed by atoms with Crippen LogP contribution in [0.4, 0.5) is 10.6 Å². The maximum Gasteiger partial charge on any atom is 0.407 e. The maximum atomic E-state index is 13.9. The topological polar surface area (TPSA) is 122 Å². The number of hydrogen-bond acceptors (Lipinski definition) is 7. The molecular formula is C29H29ClN6O4. The van der Waals surface area contributed by atoms with Crippen molar-refractivity contribution in [2.45, 2.75) is 39.7 Å². The molecule has 1 atom stereocenters. The molecule has 0 saturated carbocycles. The Kier molecular flexibility index (Phi) is 7.29. The van der Waals surface area contributed by atoms with Crippen molar-refractivity contribution in [2.24, 2.45) is 0 Å². The van der Waals surface area contributed by atoms with Crippen molar-refractivity contribution in [1.29, 1.82) is 0 Å². The summed E-state index contributed by atoms with van der Waals surface area (Å²) >= 11 is 6.81. The van der Waals surface area contributed by atoms with Crippen molar-refractivity contribution in [2.75, 3.05) is 24.5 Å². The van der Waals surface area contributed by atoms with E-state index in [1.54, 1.807) is 36.5 Å². The maximum absolute atomic E-state index is 13.9. The Labute approximate surface area is 235 Å². The molecular weight excluding hydrogens is 532 g/mol. The predicted molar refractivity (Wildman–Crippen MR) is 154 cm³/mol. The van der Waals surface area contributed by atoms with Crippen LogP contribution in [0.5, 0.6) is 0 Å². The lowest BCUT2D eigenvalue weighted by molar-refractivity contribution is 0.112. The number of rotatable bonds is 5. The minimum atomic E-state index is -0.986. The number of aldehydes is 1. The fourth-order valence-corrected chi connectivity index (χ4v) is 5.48. The molecule has 40 heavy (non-hydrogen) atoms. The standard InChI is InChI=1S/C29H29ClN6O4/c1-16(2)23-25(17(3)8-9-31-23)36-27-21(13-22(30)24(32-27)20-7-5-6-19(12-20)15-37)26(33-28(36)38)35-11-10-34(29(39)40)14-18(35)4/h5-9,12-13,15-16,18H,10-11,14H2,1-4H3,(H,39,40). The normalized spacial score (nSPS) is 15.6. The van der Waals surface area contributed by atoms with Crippen LogP contribution in [0.2, 0.25) is 5.02 Å². The van der Waals surface area contributed by atoms with Crippen LogP contribution in [0.15, 0.2) is 47.4 Å². The van der Waals surface area contributed by atoms with Crippen molar-refractivity contribution in [1.82, 2.24) is 24.4 Å². The second-order valence-corrected chi connectivity index (χ2v) is 10.7. The Morgan fingerprint density at radius 2 is 1.95 bits per heavy atom. The first kappa shape index (κ1) is 27.3. The van der Waals surface area contributed by atoms with Gasteiger partial charge in [0.1, 0.15) is 12.1 Å².